The van der Waals surface area contributed by atoms with Crippen molar-refractivity contribution in [3.8, 4) is 11.4 Å². The van der Waals surface area contributed by atoms with Crippen LogP contribution < -0.4 is 10.6 Å². The summed E-state index contributed by atoms with van der Waals surface area (Å²) in [4.78, 5) is 63.7. The van der Waals surface area contributed by atoms with Gasteiger partial charge in [0.25, 0.3) is 0 Å². The number of anilines is 2. The Labute approximate surface area is 240 Å². The number of carbonyl (C=O) groups is 3. The number of carbonyl (C=O) groups excluding carboxylic acids is 3. The SMILES string of the molecule is COC(=O)N1C(=O)CC[C@H]1C(=O)N1CCN(Cc2cc3nc(-c4cnc(N)nc4)nc(N4CCOCC4)c3s2)CC1. The number of nitrogens with two attached hydrogens (primary N) is 1. The highest BCUT2D eigenvalue weighted by atomic mass is 32.1. The average Bonchev–Trinajstić information content (AvgIpc) is 3.59. The first-order valence-electron chi connectivity index (χ1n) is 13.5. The van der Waals surface area contributed by atoms with Gasteiger partial charge in [0.05, 0.1) is 36.1 Å². The predicted octanol–water partition coefficient (Wildman–Crippen LogP) is 0.969. The van der Waals surface area contributed by atoms with Crippen molar-refractivity contribution in [1.29, 1.82) is 0 Å². The molecule has 3 aromatic heterocycles. The van der Waals surface area contributed by atoms with Crippen LogP contribution in [0.25, 0.3) is 21.6 Å². The van der Waals surface area contributed by atoms with Crippen molar-refractivity contribution in [2.75, 3.05) is 70.2 Å². The number of thiophene rings is 1. The molecule has 0 unspecified atom stereocenters. The number of nitrogens with zero attached hydrogens (tertiary/aromatic N) is 8. The number of nitrogen functional groups attached to an aromatic ring is 1. The zero-order chi connectivity index (χ0) is 28.5. The monoisotopic (exact) mass is 581 g/mol. The second-order valence-corrected chi connectivity index (χ2v) is 11.3. The highest BCUT2D eigenvalue weighted by Gasteiger charge is 2.43. The number of aromatic nitrogens is 4. The van der Waals surface area contributed by atoms with Gasteiger partial charge < -0.3 is 25.0 Å². The molecule has 216 valence electrons. The standard InChI is InChI=1S/C26H31N9O5S/c1-39-26(38)35-19(2-3-20(35)36)24(37)34-6-4-32(5-7-34)15-17-12-18-21(41-17)23(33-8-10-40-11-9-33)31-22(30-18)16-13-28-25(27)29-14-16/h12-14,19H,2-11,15H2,1H3,(H2,27,28,29)/t19-/m0/s1. The maximum atomic E-state index is 13.2. The number of hydrogen-bond acceptors (Lipinski definition) is 13. The van der Waals surface area contributed by atoms with Crippen LogP contribution in [0, 0.1) is 0 Å². The molecule has 1 atom stereocenters. The number of morpholine rings is 1. The van der Waals surface area contributed by atoms with Crippen LogP contribution in [0.3, 0.4) is 0 Å². The molecule has 0 bridgehead atoms. The molecular weight excluding hydrogens is 550 g/mol. The zero-order valence-corrected chi connectivity index (χ0v) is 23.5. The summed E-state index contributed by atoms with van der Waals surface area (Å²) in [5.41, 5.74) is 7.23. The van der Waals surface area contributed by atoms with Crippen LogP contribution in [-0.2, 0) is 25.6 Å². The second-order valence-electron chi connectivity index (χ2n) is 10.1. The number of ether oxygens (including phenoxy) is 2. The van der Waals surface area contributed by atoms with E-state index in [0.29, 0.717) is 63.7 Å². The van der Waals surface area contributed by atoms with Gasteiger partial charge in [-0.15, -0.1) is 11.3 Å². The summed E-state index contributed by atoms with van der Waals surface area (Å²) in [6.45, 7) is 5.86. The van der Waals surface area contributed by atoms with Gasteiger partial charge in [0.15, 0.2) is 11.6 Å². The molecule has 14 nitrogen and oxygen atoms in total. The van der Waals surface area contributed by atoms with E-state index in [-0.39, 0.29) is 24.2 Å². The number of hydrogen-bond donors (Lipinski definition) is 1. The van der Waals surface area contributed by atoms with Crippen molar-refractivity contribution in [1.82, 2.24) is 34.6 Å². The van der Waals surface area contributed by atoms with Crippen LogP contribution >= 0.6 is 11.3 Å². The lowest BCUT2D eigenvalue weighted by Crippen LogP contribution is -2.54. The molecule has 3 saturated heterocycles. The van der Waals surface area contributed by atoms with Crippen LogP contribution in [0.2, 0.25) is 0 Å². The van der Waals surface area contributed by atoms with Crippen molar-refractivity contribution in [3.05, 3.63) is 23.3 Å². The first-order chi connectivity index (χ1) is 19.9. The van der Waals surface area contributed by atoms with E-state index in [9.17, 15) is 14.4 Å². The molecule has 0 spiro atoms. The van der Waals surface area contributed by atoms with E-state index in [1.54, 1.807) is 28.6 Å². The van der Waals surface area contributed by atoms with Gasteiger partial charge in [-0.05, 0) is 12.5 Å². The molecule has 0 saturated carbocycles. The largest absolute Gasteiger partial charge is 0.452 e. The number of likely N-dealkylation sites (tertiary alicyclic amines) is 1. The third kappa shape index (κ3) is 5.52. The number of amides is 3. The van der Waals surface area contributed by atoms with Gasteiger partial charge in [-0.2, -0.15) is 0 Å². The Morgan fingerprint density at radius 1 is 1.10 bits per heavy atom. The number of piperazine rings is 1. The summed E-state index contributed by atoms with van der Waals surface area (Å²) in [7, 11) is 1.21. The van der Waals surface area contributed by atoms with E-state index < -0.39 is 12.1 Å². The van der Waals surface area contributed by atoms with Crippen molar-refractivity contribution < 1.29 is 23.9 Å². The Bertz CT molecular complexity index is 1450. The van der Waals surface area contributed by atoms with Crippen LogP contribution in [0.4, 0.5) is 16.6 Å². The molecule has 3 aliphatic heterocycles. The Balaban J connectivity index is 1.17. The Hall–Kier alpha value is -3.95. The molecular formula is C26H31N9O5S. The normalized spacial score (nSPS) is 20.2. The Morgan fingerprint density at radius 3 is 2.54 bits per heavy atom. The van der Waals surface area contributed by atoms with Crippen LogP contribution in [0.15, 0.2) is 18.5 Å². The summed E-state index contributed by atoms with van der Waals surface area (Å²) in [6.07, 6.45) is 2.98. The van der Waals surface area contributed by atoms with E-state index in [2.05, 4.69) is 25.8 Å². The third-order valence-electron chi connectivity index (χ3n) is 7.58. The summed E-state index contributed by atoms with van der Waals surface area (Å²) >= 11 is 1.67. The number of rotatable bonds is 5. The van der Waals surface area contributed by atoms with E-state index in [4.69, 9.17) is 25.2 Å². The van der Waals surface area contributed by atoms with Gasteiger partial charge in [0.1, 0.15) is 6.04 Å². The highest BCUT2D eigenvalue weighted by Crippen LogP contribution is 2.35. The summed E-state index contributed by atoms with van der Waals surface area (Å²) in [6, 6.07) is 1.31. The number of imide groups is 1. The van der Waals surface area contributed by atoms with Gasteiger partial charge in [-0.25, -0.2) is 29.6 Å². The lowest BCUT2D eigenvalue weighted by Gasteiger charge is -2.36. The Morgan fingerprint density at radius 2 is 1.83 bits per heavy atom. The molecule has 41 heavy (non-hydrogen) atoms. The molecule has 2 N–H and O–H groups in total. The lowest BCUT2D eigenvalue weighted by atomic mass is 10.1. The van der Waals surface area contributed by atoms with Crippen LogP contribution in [-0.4, -0.2) is 118 Å². The van der Waals surface area contributed by atoms with E-state index in [1.807, 2.05) is 0 Å². The molecule has 3 amide bonds. The minimum atomic E-state index is -0.790. The molecule has 6 heterocycles. The number of fused-ring (bicyclic) bond motifs is 1. The quantitative estimate of drug-likeness (QED) is 0.455. The van der Waals surface area contributed by atoms with Crippen LogP contribution in [0.1, 0.15) is 17.7 Å². The Kier molecular flexibility index (Phi) is 7.64. The minimum Gasteiger partial charge on any atom is -0.452 e. The van der Waals surface area contributed by atoms with Crippen molar-refractivity contribution >= 4 is 51.2 Å². The van der Waals surface area contributed by atoms with E-state index in [0.717, 1.165) is 38.9 Å². The van der Waals surface area contributed by atoms with Crippen molar-refractivity contribution in [3.63, 3.8) is 0 Å². The summed E-state index contributed by atoms with van der Waals surface area (Å²) in [5.74, 6) is 1.04. The number of methoxy groups -OCH3 is 1. The molecule has 3 aliphatic rings. The first kappa shape index (κ1) is 27.2. The van der Waals surface area contributed by atoms with Crippen molar-refractivity contribution in [2.24, 2.45) is 0 Å². The second kappa shape index (κ2) is 11.5. The third-order valence-corrected chi connectivity index (χ3v) is 8.68. The van der Waals surface area contributed by atoms with Gasteiger partial charge in [0.2, 0.25) is 17.8 Å². The van der Waals surface area contributed by atoms with Crippen LogP contribution in [0.5, 0.6) is 0 Å². The molecule has 6 rings (SSSR count). The fourth-order valence-electron chi connectivity index (χ4n) is 5.42. The van der Waals surface area contributed by atoms with Gasteiger partial charge in [-0.1, -0.05) is 0 Å². The highest BCUT2D eigenvalue weighted by molar-refractivity contribution is 7.19. The lowest BCUT2D eigenvalue weighted by molar-refractivity contribution is -0.141. The van der Waals surface area contributed by atoms with Gasteiger partial charge >= 0.3 is 6.09 Å². The minimum absolute atomic E-state index is 0.166. The van der Waals surface area contributed by atoms with Gasteiger partial charge in [-0.3, -0.25) is 14.5 Å². The maximum Gasteiger partial charge on any atom is 0.416 e. The average molecular weight is 582 g/mol. The van der Waals surface area contributed by atoms with E-state index in [1.165, 1.54) is 7.11 Å². The fourth-order valence-corrected chi connectivity index (χ4v) is 6.57. The molecule has 0 aromatic carbocycles. The topological polar surface area (TPSA) is 160 Å². The first-order valence-corrected chi connectivity index (χ1v) is 14.3. The van der Waals surface area contributed by atoms with E-state index >= 15 is 0 Å². The predicted molar refractivity (Wildman–Crippen MR) is 150 cm³/mol. The summed E-state index contributed by atoms with van der Waals surface area (Å²) in [5, 5.41) is 0. The van der Waals surface area contributed by atoms with Crippen molar-refractivity contribution in [2.45, 2.75) is 25.4 Å². The molecule has 0 radical (unpaired) electrons. The molecule has 15 heteroatoms. The molecule has 3 aromatic rings. The summed E-state index contributed by atoms with van der Waals surface area (Å²) < 4.78 is 11.3. The maximum absolute atomic E-state index is 13.2. The smallest absolute Gasteiger partial charge is 0.416 e. The molecule has 3 fully saturated rings. The zero-order valence-electron chi connectivity index (χ0n) is 22.7. The fraction of sp³-hybridized carbons (Fsp3) is 0.500. The molecule has 0 aliphatic carbocycles. The van der Waals surface area contributed by atoms with Gasteiger partial charge in [0, 0.05) is 69.5 Å².